The quantitative estimate of drug-likeness (QED) is 0.709. The maximum absolute atomic E-state index is 13.1. The van der Waals surface area contributed by atoms with Gasteiger partial charge in [0.15, 0.2) is 0 Å². The normalized spacial score (nSPS) is 61.8. The summed E-state index contributed by atoms with van der Waals surface area (Å²) in [6, 6.07) is 0.201. The van der Waals surface area contributed by atoms with Crippen molar-refractivity contribution >= 4 is 5.97 Å². The van der Waals surface area contributed by atoms with E-state index in [1.807, 2.05) is 0 Å². The van der Waals surface area contributed by atoms with E-state index in [4.69, 9.17) is 4.74 Å². The molecule has 0 radical (unpaired) electrons. The second-order valence-electron chi connectivity index (χ2n) is 11.2. The minimum absolute atomic E-state index is 0.0462. The summed E-state index contributed by atoms with van der Waals surface area (Å²) in [7, 11) is 0. The summed E-state index contributed by atoms with van der Waals surface area (Å²) in [5.41, 5.74) is -1.10. The Kier molecular flexibility index (Phi) is 3.46. The third-order valence-corrected chi connectivity index (χ3v) is 10.6. The molecule has 4 aliphatic carbocycles. The molecule has 3 aliphatic heterocycles. The number of carbonyl (C=O) groups is 1. The van der Waals surface area contributed by atoms with E-state index in [-0.39, 0.29) is 46.7 Å². The maximum atomic E-state index is 13.1. The number of aliphatic hydroxyl groups is 2. The third-order valence-electron chi connectivity index (χ3n) is 10.6. The number of rotatable bonds is 2. The van der Waals surface area contributed by atoms with Gasteiger partial charge in [0.25, 0.3) is 0 Å². The molecule has 0 aromatic rings. The van der Waals surface area contributed by atoms with Crippen molar-refractivity contribution in [2.24, 2.45) is 40.4 Å². The van der Waals surface area contributed by atoms with Crippen LogP contribution in [0.15, 0.2) is 0 Å². The first kappa shape index (κ1) is 18.1. The fourth-order valence-corrected chi connectivity index (χ4v) is 10.1. The molecule has 5 heteroatoms. The van der Waals surface area contributed by atoms with Crippen molar-refractivity contribution in [2.75, 3.05) is 13.1 Å². The minimum Gasteiger partial charge on any atom is -0.462 e. The van der Waals surface area contributed by atoms with Gasteiger partial charge in [-0.2, -0.15) is 0 Å². The predicted molar refractivity (Wildman–Crippen MR) is 103 cm³/mol. The molecule has 1 spiro atoms. The van der Waals surface area contributed by atoms with Gasteiger partial charge >= 0.3 is 5.97 Å². The SMILES string of the molecule is CC[C@H]1CC[C@@]2(C)CN(CC)[C@H]3[C@@H]4[C@@H](O)[C@H]2[C@]13[C@@H]1C[C@@H]2CC[C@@]4(O)[C@H]1C(=O)O2. The van der Waals surface area contributed by atoms with E-state index in [9.17, 15) is 15.0 Å². The Labute approximate surface area is 167 Å². The van der Waals surface area contributed by atoms with E-state index in [2.05, 4.69) is 25.7 Å². The van der Waals surface area contributed by atoms with E-state index < -0.39 is 17.6 Å². The van der Waals surface area contributed by atoms with E-state index in [1.54, 1.807) is 0 Å². The van der Waals surface area contributed by atoms with Crippen molar-refractivity contribution in [3.63, 3.8) is 0 Å². The van der Waals surface area contributed by atoms with Crippen LogP contribution >= 0.6 is 0 Å². The monoisotopic (exact) mass is 389 g/mol. The highest BCUT2D eigenvalue weighted by atomic mass is 16.5. The molecular weight excluding hydrogens is 354 g/mol. The average Bonchev–Trinajstić information content (AvgIpc) is 2.73. The second kappa shape index (κ2) is 5.33. The first-order valence-corrected chi connectivity index (χ1v) is 11.7. The minimum atomic E-state index is -1.11. The van der Waals surface area contributed by atoms with Gasteiger partial charge in [-0.3, -0.25) is 9.69 Å². The van der Waals surface area contributed by atoms with Crippen LogP contribution in [-0.2, 0) is 9.53 Å². The summed E-state index contributed by atoms with van der Waals surface area (Å²) in [4.78, 5) is 15.7. The highest BCUT2D eigenvalue weighted by Gasteiger charge is 2.83. The van der Waals surface area contributed by atoms with Crippen LogP contribution in [0, 0.1) is 40.4 Å². The Morgan fingerprint density at radius 2 is 2.04 bits per heavy atom. The van der Waals surface area contributed by atoms with Crippen molar-refractivity contribution in [2.45, 2.75) is 83.1 Å². The van der Waals surface area contributed by atoms with E-state index in [1.165, 1.54) is 6.42 Å². The van der Waals surface area contributed by atoms with E-state index >= 15 is 0 Å². The van der Waals surface area contributed by atoms with Crippen molar-refractivity contribution in [3.8, 4) is 0 Å². The molecule has 0 amide bonds. The molecule has 4 saturated carbocycles. The summed E-state index contributed by atoms with van der Waals surface area (Å²) in [5, 5.41) is 24.0. The van der Waals surface area contributed by atoms with Crippen LogP contribution in [-0.4, -0.2) is 58.0 Å². The molecule has 3 heterocycles. The summed E-state index contributed by atoms with van der Waals surface area (Å²) in [5.74, 6) is 0.0163. The number of hydrogen-bond acceptors (Lipinski definition) is 5. The molecule has 2 N–H and O–H groups in total. The number of aliphatic hydroxyl groups excluding tert-OH is 1. The molecule has 28 heavy (non-hydrogen) atoms. The van der Waals surface area contributed by atoms with Gasteiger partial charge in [0, 0.05) is 18.5 Å². The Morgan fingerprint density at radius 3 is 2.75 bits per heavy atom. The Morgan fingerprint density at radius 1 is 1.25 bits per heavy atom. The molecule has 7 rings (SSSR count). The molecule has 7 fully saturated rings. The number of piperidine rings is 1. The predicted octanol–water partition coefficient (Wildman–Crippen LogP) is 2.20. The van der Waals surface area contributed by atoms with Crippen molar-refractivity contribution in [1.29, 1.82) is 0 Å². The van der Waals surface area contributed by atoms with Gasteiger partial charge in [-0.15, -0.1) is 0 Å². The first-order valence-electron chi connectivity index (χ1n) is 11.7. The first-order chi connectivity index (χ1) is 13.3. The molecule has 3 saturated heterocycles. The largest absolute Gasteiger partial charge is 0.462 e. The smallest absolute Gasteiger partial charge is 0.312 e. The number of carbonyl (C=O) groups excluding carboxylic acids is 1. The zero-order valence-corrected chi connectivity index (χ0v) is 17.4. The maximum Gasteiger partial charge on any atom is 0.312 e. The molecule has 7 aliphatic rings. The molecule has 9 bridgehead atoms. The molecule has 0 aromatic heterocycles. The average molecular weight is 390 g/mol. The number of fused-ring (bicyclic) bond motifs is 2. The van der Waals surface area contributed by atoms with Gasteiger partial charge in [-0.1, -0.05) is 27.2 Å². The molecule has 156 valence electrons. The zero-order valence-electron chi connectivity index (χ0n) is 17.4. The lowest BCUT2D eigenvalue weighted by molar-refractivity contribution is -0.254. The number of hydrogen-bond donors (Lipinski definition) is 2. The Hall–Kier alpha value is -0.650. The van der Waals surface area contributed by atoms with Crippen LogP contribution in [0.1, 0.15) is 59.3 Å². The summed E-state index contributed by atoms with van der Waals surface area (Å²) < 4.78 is 5.78. The molecular formula is C23H35NO4. The van der Waals surface area contributed by atoms with Gasteiger partial charge in [-0.25, -0.2) is 0 Å². The topological polar surface area (TPSA) is 70.0 Å². The molecule has 0 aromatic carbocycles. The van der Waals surface area contributed by atoms with Crippen molar-refractivity contribution < 1.29 is 19.7 Å². The summed E-state index contributed by atoms with van der Waals surface area (Å²) in [6.45, 7) is 8.88. The lowest BCUT2D eigenvalue weighted by Gasteiger charge is -2.69. The zero-order chi connectivity index (χ0) is 19.6. The molecule has 11 atom stereocenters. The van der Waals surface area contributed by atoms with Crippen LogP contribution in [0.5, 0.6) is 0 Å². The van der Waals surface area contributed by atoms with Gasteiger partial charge in [0.2, 0.25) is 0 Å². The third kappa shape index (κ3) is 1.69. The lowest BCUT2D eigenvalue weighted by atomic mass is 9.40. The van der Waals surface area contributed by atoms with Crippen LogP contribution in [0.3, 0.4) is 0 Å². The van der Waals surface area contributed by atoms with Gasteiger partial charge < -0.3 is 14.9 Å². The molecule has 5 nitrogen and oxygen atoms in total. The Bertz CT molecular complexity index is 727. The van der Waals surface area contributed by atoms with E-state index in [0.717, 1.165) is 38.8 Å². The van der Waals surface area contributed by atoms with E-state index in [0.29, 0.717) is 12.3 Å². The standard InChI is InChI=1S/C23H35NO4/c1-4-12-6-8-21(3)11-24(5-2)19-16-17(25)18(21)23(12,19)14-10-13-7-9-22(16,27)15(14)20(26)28-13/h12-19,25,27H,4-11H2,1-3H3/t12-,13-,14+,15+,16-,17+,18+,19-,21-,22+,23+/m0/s1. The van der Waals surface area contributed by atoms with Gasteiger partial charge in [-0.05, 0) is 67.2 Å². The highest BCUT2D eigenvalue weighted by Crippen LogP contribution is 2.78. The van der Waals surface area contributed by atoms with Crippen LogP contribution in [0.25, 0.3) is 0 Å². The number of likely N-dealkylation sites (tertiary alicyclic amines) is 1. The van der Waals surface area contributed by atoms with Crippen LogP contribution in [0.4, 0.5) is 0 Å². The number of esters is 1. The second-order valence-corrected chi connectivity index (χ2v) is 11.2. The van der Waals surface area contributed by atoms with Gasteiger partial charge in [0.1, 0.15) is 6.10 Å². The van der Waals surface area contributed by atoms with Crippen molar-refractivity contribution in [1.82, 2.24) is 4.90 Å². The summed E-state index contributed by atoms with van der Waals surface area (Å²) >= 11 is 0. The fraction of sp³-hybridized carbons (Fsp3) is 0.957. The fourth-order valence-electron chi connectivity index (χ4n) is 10.1. The lowest BCUT2D eigenvalue weighted by Crippen LogP contribution is -2.75. The van der Waals surface area contributed by atoms with Crippen LogP contribution in [0.2, 0.25) is 0 Å². The number of nitrogens with zero attached hydrogens (tertiary/aromatic N) is 1. The Balaban J connectivity index is 1.66. The summed E-state index contributed by atoms with van der Waals surface area (Å²) in [6.07, 6.45) is 5.10. The van der Waals surface area contributed by atoms with Gasteiger partial charge in [0.05, 0.1) is 17.6 Å². The van der Waals surface area contributed by atoms with Crippen LogP contribution < -0.4 is 0 Å². The highest BCUT2D eigenvalue weighted by molar-refractivity contribution is 5.77. The number of ether oxygens (including phenoxy) is 1. The molecule has 0 unspecified atom stereocenters. The van der Waals surface area contributed by atoms with Crippen molar-refractivity contribution in [3.05, 3.63) is 0 Å².